The van der Waals surface area contributed by atoms with Gasteiger partial charge in [0, 0.05) is 12.5 Å². The Morgan fingerprint density at radius 1 is 1.53 bits per heavy atom. The summed E-state index contributed by atoms with van der Waals surface area (Å²) in [6.07, 6.45) is 0.0902. The van der Waals surface area contributed by atoms with Crippen molar-refractivity contribution in [3.63, 3.8) is 0 Å². The third kappa shape index (κ3) is 2.59. The molecule has 0 N–H and O–H groups in total. The van der Waals surface area contributed by atoms with Crippen LogP contribution in [0.1, 0.15) is 18.1 Å². The van der Waals surface area contributed by atoms with Gasteiger partial charge in [-0.25, -0.2) is 0 Å². The molecule has 15 heavy (non-hydrogen) atoms. The maximum Gasteiger partial charge on any atom is 0.305 e. The van der Waals surface area contributed by atoms with Crippen molar-refractivity contribution in [2.75, 3.05) is 0 Å². The van der Waals surface area contributed by atoms with Crippen LogP contribution in [0.5, 0.6) is 0 Å². The molecule has 5 heteroatoms. The summed E-state index contributed by atoms with van der Waals surface area (Å²) in [4.78, 5) is 20.5. The zero-order chi connectivity index (χ0) is 11.6. The number of hydrogen-bond acceptors (Lipinski definition) is 3. The first-order chi connectivity index (χ1) is 6.91. The normalized spacial score (nSPS) is 10.1. The Morgan fingerprint density at radius 3 is 2.60 bits per heavy atom. The van der Waals surface area contributed by atoms with Crippen LogP contribution < -0.4 is 0 Å². The van der Waals surface area contributed by atoms with E-state index < -0.39 is 16.4 Å². The number of halogens is 1. The maximum atomic E-state index is 13.1. The molecule has 0 unspecified atom stereocenters. The van der Waals surface area contributed by atoms with Crippen LogP contribution >= 0.6 is 0 Å². The van der Waals surface area contributed by atoms with Crippen molar-refractivity contribution in [1.82, 2.24) is 0 Å². The van der Waals surface area contributed by atoms with Crippen molar-refractivity contribution in [2.24, 2.45) is 0 Å². The SMILES string of the molecule is CC(=O)Cc1cc([N+](=O)[O-])c(F)cc1C. The fourth-order valence-electron chi connectivity index (χ4n) is 1.30. The summed E-state index contributed by atoms with van der Waals surface area (Å²) in [7, 11) is 0. The van der Waals surface area contributed by atoms with Gasteiger partial charge in [0.05, 0.1) is 4.92 Å². The Balaban J connectivity index is 3.23. The largest absolute Gasteiger partial charge is 0.305 e. The van der Waals surface area contributed by atoms with E-state index in [0.717, 1.165) is 12.1 Å². The lowest BCUT2D eigenvalue weighted by Crippen LogP contribution is -2.02. The van der Waals surface area contributed by atoms with Gasteiger partial charge in [-0.05, 0) is 31.0 Å². The monoisotopic (exact) mass is 211 g/mol. The first kappa shape index (κ1) is 11.3. The van der Waals surface area contributed by atoms with Crippen LogP contribution in [0.25, 0.3) is 0 Å². The van der Waals surface area contributed by atoms with Gasteiger partial charge in [-0.2, -0.15) is 4.39 Å². The molecule has 0 aromatic heterocycles. The minimum absolute atomic E-state index is 0.0902. The number of hydrogen-bond donors (Lipinski definition) is 0. The number of nitrogens with zero attached hydrogens (tertiary/aromatic N) is 1. The van der Waals surface area contributed by atoms with Crippen molar-refractivity contribution >= 4 is 11.5 Å². The Kier molecular flexibility index (Phi) is 3.14. The van der Waals surface area contributed by atoms with Gasteiger partial charge in [-0.3, -0.25) is 14.9 Å². The third-order valence-electron chi connectivity index (χ3n) is 2.04. The van der Waals surface area contributed by atoms with Crippen molar-refractivity contribution in [1.29, 1.82) is 0 Å². The average molecular weight is 211 g/mol. The van der Waals surface area contributed by atoms with Crippen LogP contribution in [-0.4, -0.2) is 10.7 Å². The number of nitro groups is 1. The number of ketones is 1. The second-order valence-corrected chi connectivity index (χ2v) is 3.37. The molecule has 0 aliphatic carbocycles. The molecule has 0 fully saturated rings. The second kappa shape index (κ2) is 4.16. The highest BCUT2D eigenvalue weighted by Gasteiger charge is 2.17. The second-order valence-electron chi connectivity index (χ2n) is 3.37. The molecule has 0 spiro atoms. The molecule has 0 radical (unpaired) electrons. The number of carbonyl (C=O) groups excluding carboxylic acids is 1. The summed E-state index contributed by atoms with van der Waals surface area (Å²) in [6, 6.07) is 2.20. The molecule has 1 aromatic carbocycles. The highest BCUT2D eigenvalue weighted by atomic mass is 19.1. The van der Waals surface area contributed by atoms with Crippen LogP contribution in [0.3, 0.4) is 0 Å². The molecule has 0 aliphatic heterocycles. The quantitative estimate of drug-likeness (QED) is 0.568. The number of benzene rings is 1. The molecule has 1 aromatic rings. The predicted molar refractivity (Wildman–Crippen MR) is 52.2 cm³/mol. The maximum absolute atomic E-state index is 13.1. The Labute approximate surface area is 85.9 Å². The molecule has 0 saturated carbocycles. The summed E-state index contributed by atoms with van der Waals surface area (Å²) in [6.45, 7) is 3.00. The average Bonchev–Trinajstić information content (AvgIpc) is 2.08. The molecule has 0 bridgehead atoms. The van der Waals surface area contributed by atoms with Crippen molar-refractivity contribution < 1.29 is 14.1 Å². The lowest BCUT2D eigenvalue weighted by Gasteiger charge is -2.03. The van der Waals surface area contributed by atoms with Gasteiger partial charge in [-0.15, -0.1) is 0 Å². The van der Waals surface area contributed by atoms with Crippen molar-refractivity contribution in [2.45, 2.75) is 20.3 Å². The minimum Gasteiger partial charge on any atom is -0.300 e. The van der Waals surface area contributed by atoms with E-state index in [1.807, 2.05) is 0 Å². The van der Waals surface area contributed by atoms with Crippen molar-refractivity contribution in [3.8, 4) is 0 Å². The molecular formula is C10H10FNO3. The zero-order valence-corrected chi connectivity index (χ0v) is 8.41. The van der Waals surface area contributed by atoms with Gasteiger partial charge < -0.3 is 0 Å². The van der Waals surface area contributed by atoms with Gasteiger partial charge in [0.2, 0.25) is 5.82 Å². The van der Waals surface area contributed by atoms with E-state index in [1.165, 1.54) is 6.92 Å². The molecule has 0 amide bonds. The van der Waals surface area contributed by atoms with Gasteiger partial charge in [0.15, 0.2) is 0 Å². The fraction of sp³-hybridized carbons (Fsp3) is 0.300. The van der Waals surface area contributed by atoms with Crippen LogP contribution in [0, 0.1) is 22.9 Å². The van der Waals surface area contributed by atoms with Crippen LogP contribution in [-0.2, 0) is 11.2 Å². The Bertz CT molecular complexity index is 429. The van der Waals surface area contributed by atoms with E-state index in [0.29, 0.717) is 11.1 Å². The molecule has 80 valence electrons. The number of carbonyl (C=O) groups is 1. The van der Waals surface area contributed by atoms with Crippen LogP contribution in [0.2, 0.25) is 0 Å². The van der Waals surface area contributed by atoms with Gasteiger partial charge >= 0.3 is 5.69 Å². The summed E-state index contributed by atoms with van der Waals surface area (Å²) in [5, 5.41) is 10.5. The Morgan fingerprint density at radius 2 is 2.13 bits per heavy atom. The van der Waals surface area contributed by atoms with E-state index in [2.05, 4.69) is 0 Å². The van der Waals surface area contributed by atoms with E-state index in [1.54, 1.807) is 6.92 Å². The number of nitro benzene ring substituents is 1. The molecule has 0 aliphatic rings. The van der Waals surface area contributed by atoms with Gasteiger partial charge in [-0.1, -0.05) is 0 Å². The van der Waals surface area contributed by atoms with E-state index >= 15 is 0 Å². The van der Waals surface area contributed by atoms with E-state index in [4.69, 9.17) is 0 Å². The summed E-state index contributed by atoms with van der Waals surface area (Å²) in [5.41, 5.74) is 0.459. The first-order valence-electron chi connectivity index (χ1n) is 4.34. The highest BCUT2D eigenvalue weighted by molar-refractivity contribution is 5.78. The smallest absolute Gasteiger partial charge is 0.300 e. The Hall–Kier alpha value is -1.78. The number of rotatable bonds is 3. The topological polar surface area (TPSA) is 60.2 Å². The number of aryl methyl sites for hydroxylation is 1. The standard InChI is InChI=1S/C10H10FNO3/c1-6-3-9(11)10(12(14)15)5-8(6)4-7(2)13/h3,5H,4H2,1-2H3. The molecule has 0 heterocycles. The lowest BCUT2D eigenvalue weighted by molar-refractivity contribution is -0.387. The van der Waals surface area contributed by atoms with Gasteiger partial charge in [0.1, 0.15) is 5.78 Å². The molecule has 0 saturated heterocycles. The first-order valence-corrected chi connectivity index (χ1v) is 4.34. The van der Waals surface area contributed by atoms with E-state index in [9.17, 15) is 19.3 Å². The summed E-state index contributed by atoms with van der Waals surface area (Å²) in [5.74, 6) is -0.983. The highest BCUT2D eigenvalue weighted by Crippen LogP contribution is 2.22. The number of Topliss-reactive ketones (excluding diaryl/α,β-unsaturated/α-hetero) is 1. The van der Waals surface area contributed by atoms with Crippen LogP contribution in [0.15, 0.2) is 12.1 Å². The molecule has 1 rings (SSSR count). The fourth-order valence-corrected chi connectivity index (χ4v) is 1.30. The third-order valence-corrected chi connectivity index (χ3v) is 2.04. The van der Waals surface area contributed by atoms with Crippen molar-refractivity contribution in [3.05, 3.63) is 39.2 Å². The predicted octanol–water partition coefficient (Wildman–Crippen LogP) is 2.17. The van der Waals surface area contributed by atoms with E-state index in [-0.39, 0.29) is 12.2 Å². The molecule has 0 atom stereocenters. The molecular weight excluding hydrogens is 201 g/mol. The van der Waals surface area contributed by atoms with Crippen LogP contribution in [0.4, 0.5) is 10.1 Å². The van der Waals surface area contributed by atoms with Gasteiger partial charge in [0.25, 0.3) is 0 Å². The zero-order valence-electron chi connectivity index (χ0n) is 8.41. The lowest BCUT2D eigenvalue weighted by atomic mass is 10.0. The summed E-state index contributed by atoms with van der Waals surface area (Å²) < 4.78 is 13.1. The summed E-state index contributed by atoms with van der Waals surface area (Å²) >= 11 is 0. The molecule has 4 nitrogen and oxygen atoms in total. The minimum atomic E-state index is -0.871.